The van der Waals surface area contributed by atoms with Crippen molar-refractivity contribution in [2.24, 2.45) is 0 Å². The number of pyridine rings is 2. The first-order valence-electron chi connectivity index (χ1n) is 18.8. The number of halogens is 1. The van der Waals surface area contributed by atoms with Crippen LogP contribution in [0.25, 0.3) is 21.8 Å². The third-order valence-electron chi connectivity index (χ3n) is 8.34. The summed E-state index contributed by atoms with van der Waals surface area (Å²) < 4.78 is 0. The molecule has 3 aromatic rings. The van der Waals surface area contributed by atoms with E-state index in [1.54, 1.807) is 20.3 Å². The first-order chi connectivity index (χ1) is 26.8. The van der Waals surface area contributed by atoms with Crippen LogP contribution in [0.2, 0.25) is 0 Å². The van der Waals surface area contributed by atoms with E-state index in [0.29, 0.717) is 39.3 Å². The van der Waals surface area contributed by atoms with Crippen molar-refractivity contribution in [1.82, 2.24) is 39.4 Å². The van der Waals surface area contributed by atoms with E-state index in [0.717, 1.165) is 70.9 Å². The molecule has 2 aromatic heterocycles. The molecule has 0 saturated carbocycles. The van der Waals surface area contributed by atoms with Gasteiger partial charge in [0.05, 0.1) is 50.7 Å². The molecule has 0 bridgehead atoms. The van der Waals surface area contributed by atoms with Gasteiger partial charge in [0.15, 0.2) is 0 Å². The normalized spacial score (nSPS) is 11.7. The summed E-state index contributed by atoms with van der Waals surface area (Å²) in [5, 5.41) is 56.1. The van der Waals surface area contributed by atoms with E-state index in [9.17, 15) is 0 Å². The van der Waals surface area contributed by atoms with E-state index in [-0.39, 0.29) is 55.5 Å². The van der Waals surface area contributed by atoms with Crippen molar-refractivity contribution in [3.63, 3.8) is 0 Å². The molecule has 0 saturated heterocycles. The van der Waals surface area contributed by atoms with Gasteiger partial charge in [0, 0.05) is 99.1 Å². The molecule has 0 spiro atoms. The van der Waals surface area contributed by atoms with Crippen molar-refractivity contribution in [3.05, 3.63) is 47.8 Å². The first kappa shape index (κ1) is 55.7. The Labute approximate surface area is 359 Å². The van der Waals surface area contributed by atoms with Crippen molar-refractivity contribution >= 4 is 58.0 Å². The molecule has 0 atom stereocenters. The molecule has 0 unspecified atom stereocenters. The number of likely N-dealkylation sites (N-methyl/N-ethyl adjacent to an activating group) is 6. The predicted molar refractivity (Wildman–Crippen MR) is 242 cm³/mol. The van der Waals surface area contributed by atoms with Crippen LogP contribution in [0.1, 0.15) is 11.4 Å². The first-order valence-corrected chi connectivity index (χ1v) is 25.6. The minimum absolute atomic E-state index is 0.179. The quantitative estimate of drug-likeness (QED) is 0.0336. The number of benzene rings is 1. The average molecular weight is 989 g/mol. The van der Waals surface area contributed by atoms with Crippen LogP contribution in [0.3, 0.4) is 0 Å². The SMILES string of the molecule is CN(CCO)CP(CN(C)CCO)CN(C)CCO.CN(CCO)CP(CN(C)CCO)CN(C)CCO.Cc1ccc2ccc3ccc(C)nc3c2n1.[Cu][I]. The summed E-state index contributed by atoms with van der Waals surface area (Å²) in [5.41, 5.74) is 4.06. The fourth-order valence-corrected chi connectivity index (χ4v) is 11.2. The molecular formula is C38H72CuIN8O6P2. The zero-order valence-corrected chi connectivity index (χ0v) is 39.9. The van der Waals surface area contributed by atoms with Gasteiger partial charge in [-0.3, -0.25) is 39.4 Å². The second-order valence-corrected chi connectivity index (χ2v) is 18.5. The maximum atomic E-state index is 8.96. The summed E-state index contributed by atoms with van der Waals surface area (Å²) in [6.45, 7) is 9.21. The van der Waals surface area contributed by atoms with E-state index in [1.807, 2.05) is 68.3 Å². The molecule has 0 aliphatic carbocycles. The van der Waals surface area contributed by atoms with Crippen LogP contribution >= 0.6 is 36.2 Å². The van der Waals surface area contributed by atoms with Crippen molar-refractivity contribution < 1.29 is 43.4 Å². The second kappa shape index (κ2) is 34.4. The standard InChI is InChI=1S/C14H12N2.2C12H30N3O3P.Cu.HI/c1-9-3-5-11-7-8-12-6-4-10(2)16-14(12)13(11)15-9;2*1-13(4-7-16)10-19(11-14(2)5-8-17)12-15(3)6-9-18;;/h3-8H,1-2H3;2*16-18H,4-12H2,1-3H3;;1H/q;;;+1;/p-1. The summed E-state index contributed by atoms with van der Waals surface area (Å²) in [4.78, 5) is 22.0. The van der Waals surface area contributed by atoms with Crippen LogP contribution in [0.4, 0.5) is 0 Å². The number of hydrogen-bond donors (Lipinski definition) is 6. The molecule has 3 rings (SSSR count). The Morgan fingerprint density at radius 2 is 0.625 bits per heavy atom. The van der Waals surface area contributed by atoms with Gasteiger partial charge in [-0.15, -0.1) is 0 Å². The average Bonchev–Trinajstić information content (AvgIpc) is 3.13. The molecule has 0 amide bonds. The fourth-order valence-electron chi connectivity index (χ4n) is 5.73. The van der Waals surface area contributed by atoms with E-state index in [1.165, 1.54) is 0 Å². The molecule has 18 heteroatoms. The van der Waals surface area contributed by atoms with Crippen LogP contribution in [-0.2, 0) is 12.8 Å². The molecule has 14 nitrogen and oxygen atoms in total. The molecule has 6 N–H and O–H groups in total. The molecular weight excluding hydrogens is 917 g/mol. The Bertz CT molecular complexity index is 1250. The van der Waals surface area contributed by atoms with Crippen LogP contribution in [0.15, 0.2) is 36.4 Å². The van der Waals surface area contributed by atoms with E-state index >= 15 is 0 Å². The summed E-state index contributed by atoms with van der Waals surface area (Å²) in [7, 11) is 11.6. The number of fused-ring (bicyclic) bond motifs is 3. The molecule has 0 fully saturated rings. The number of aliphatic hydroxyl groups excluding tert-OH is 6. The van der Waals surface area contributed by atoms with Crippen molar-refractivity contribution in [2.75, 3.05) is 159 Å². The van der Waals surface area contributed by atoms with Gasteiger partial charge in [-0.25, -0.2) is 0 Å². The van der Waals surface area contributed by atoms with E-state index in [2.05, 4.69) is 76.4 Å². The molecule has 0 radical (unpaired) electrons. The third kappa shape index (κ3) is 25.3. The second-order valence-electron chi connectivity index (χ2n) is 14.1. The van der Waals surface area contributed by atoms with Crippen molar-refractivity contribution in [1.29, 1.82) is 0 Å². The van der Waals surface area contributed by atoms with Crippen molar-refractivity contribution in [2.45, 2.75) is 13.8 Å². The Morgan fingerprint density at radius 3 is 0.821 bits per heavy atom. The molecule has 56 heavy (non-hydrogen) atoms. The van der Waals surface area contributed by atoms with Gasteiger partial charge in [0.2, 0.25) is 0 Å². The summed E-state index contributed by atoms with van der Waals surface area (Å²) in [6.07, 6.45) is 5.76. The molecule has 0 aliphatic heterocycles. The minimum atomic E-state index is -0.269. The molecule has 0 aliphatic rings. The van der Waals surface area contributed by atoms with Crippen LogP contribution in [-0.4, -0.2) is 229 Å². The number of aliphatic hydroxyl groups is 6. The van der Waals surface area contributed by atoms with E-state index < -0.39 is 0 Å². The Kier molecular flexibility index (Phi) is 34.2. The fraction of sp³-hybridized carbons (Fsp3) is 0.684. The van der Waals surface area contributed by atoms with Crippen molar-refractivity contribution in [3.8, 4) is 0 Å². The third-order valence-corrected chi connectivity index (χ3v) is 13.6. The summed E-state index contributed by atoms with van der Waals surface area (Å²) in [6, 6.07) is 12.5. The monoisotopic (exact) mass is 988 g/mol. The van der Waals surface area contributed by atoms with Gasteiger partial charge in [-0.1, -0.05) is 40.1 Å². The van der Waals surface area contributed by atoms with E-state index in [4.69, 9.17) is 30.6 Å². The zero-order valence-electron chi connectivity index (χ0n) is 35.0. The Balaban J connectivity index is 0.000000793. The van der Waals surface area contributed by atoms with Gasteiger partial charge in [-0.2, -0.15) is 0 Å². The van der Waals surface area contributed by atoms with Crippen LogP contribution in [0, 0.1) is 13.8 Å². The zero-order chi connectivity index (χ0) is 42.5. The number of aryl methyl sites for hydroxylation is 2. The van der Waals surface area contributed by atoms with Gasteiger partial charge in [0.25, 0.3) is 0 Å². The molecule has 328 valence electrons. The predicted octanol–water partition coefficient (Wildman–Crippen LogP) is 2.51. The van der Waals surface area contributed by atoms with Gasteiger partial charge < -0.3 is 30.6 Å². The van der Waals surface area contributed by atoms with Gasteiger partial charge >= 0.3 is 33.1 Å². The Hall–Kier alpha value is -0.331. The molecule has 2 heterocycles. The Morgan fingerprint density at radius 1 is 0.429 bits per heavy atom. The summed E-state index contributed by atoms with van der Waals surface area (Å²) in [5.74, 6) is 0. The molecule has 1 aromatic carbocycles. The number of rotatable bonds is 24. The van der Waals surface area contributed by atoms with Gasteiger partial charge in [-0.05, 0) is 68.3 Å². The van der Waals surface area contributed by atoms with Gasteiger partial charge in [0.1, 0.15) is 0 Å². The number of nitrogens with zero attached hydrogens (tertiary/aromatic N) is 8. The van der Waals surface area contributed by atoms with Crippen LogP contribution < -0.4 is 0 Å². The van der Waals surface area contributed by atoms with Crippen LogP contribution in [0.5, 0.6) is 0 Å². The maximum absolute atomic E-state index is 8.96. The topological polar surface area (TPSA) is 167 Å². The number of hydrogen-bond acceptors (Lipinski definition) is 14. The number of aromatic nitrogens is 2. The summed E-state index contributed by atoms with van der Waals surface area (Å²) >= 11 is 5.87.